The van der Waals surface area contributed by atoms with E-state index in [2.05, 4.69) is 174 Å². The molecule has 0 radical (unpaired) electrons. The van der Waals surface area contributed by atoms with Gasteiger partial charge in [0.1, 0.15) is 0 Å². The second-order valence-electron chi connectivity index (χ2n) is 11.5. The van der Waals surface area contributed by atoms with Crippen LogP contribution < -0.4 is 9.80 Å². The van der Waals surface area contributed by atoms with Crippen molar-refractivity contribution in [2.75, 3.05) is 9.80 Å². The molecule has 0 spiro atoms. The van der Waals surface area contributed by atoms with E-state index in [9.17, 15) is 0 Å². The number of anilines is 6. The van der Waals surface area contributed by atoms with Gasteiger partial charge in [-0.1, -0.05) is 96.5 Å². The fourth-order valence-corrected chi connectivity index (χ4v) is 9.34. The van der Waals surface area contributed by atoms with Crippen LogP contribution in [0.2, 0.25) is 5.02 Å². The van der Waals surface area contributed by atoms with Gasteiger partial charge < -0.3 is 9.80 Å². The molecule has 9 rings (SSSR count). The lowest BCUT2D eigenvalue weighted by Crippen LogP contribution is -2.10. The Kier molecular flexibility index (Phi) is 6.93. The van der Waals surface area contributed by atoms with Crippen molar-refractivity contribution in [3.8, 4) is 0 Å². The summed E-state index contributed by atoms with van der Waals surface area (Å²) in [5.74, 6) is 0. The molecule has 2 aromatic heterocycles. The first-order chi connectivity index (χ1) is 23.2. The average Bonchev–Trinajstić information content (AvgIpc) is 3.69. The SMILES string of the molecule is Clc1cc(N(c2ccccc2)c2cccc3sc4cc(N(c5ccccc5)c5ccccc5)ccc4c23)cc2sc3ccccc3c12. The molecule has 224 valence electrons. The van der Waals surface area contributed by atoms with E-state index in [1.807, 2.05) is 11.3 Å². The monoisotopic (exact) mass is 658 g/mol. The molecular formula is C42H27ClN2S2. The summed E-state index contributed by atoms with van der Waals surface area (Å²) < 4.78 is 4.92. The van der Waals surface area contributed by atoms with Crippen LogP contribution in [0.3, 0.4) is 0 Å². The number of para-hydroxylation sites is 3. The van der Waals surface area contributed by atoms with Crippen molar-refractivity contribution < 1.29 is 0 Å². The molecule has 0 bridgehead atoms. The van der Waals surface area contributed by atoms with Crippen molar-refractivity contribution in [1.29, 1.82) is 0 Å². The van der Waals surface area contributed by atoms with Crippen LogP contribution in [-0.2, 0) is 0 Å². The van der Waals surface area contributed by atoms with Gasteiger partial charge in [0.05, 0.1) is 10.7 Å². The highest BCUT2D eigenvalue weighted by Crippen LogP contribution is 2.48. The molecule has 0 N–H and O–H groups in total. The van der Waals surface area contributed by atoms with Crippen LogP contribution in [0.15, 0.2) is 164 Å². The fourth-order valence-electron chi connectivity index (χ4n) is 6.65. The molecule has 7 aromatic carbocycles. The molecule has 0 aliphatic carbocycles. The van der Waals surface area contributed by atoms with Gasteiger partial charge in [0.2, 0.25) is 0 Å². The van der Waals surface area contributed by atoms with Crippen molar-refractivity contribution in [3.63, 3.8) is 0 Å². The van der Waals surface area contributed by atoms with E-state index in [-0.39, 0.29) is 0 Å². The summed E-state index contributed by atoms with van der Waals surface area (Å²) in [7, 11) is 0. The van der Waals surface area contributed by atoms with Gasteiger partial charge in [-0.3, -0.25) is 0 Å². The maximum Gasteiger partial charge on any atom is 0.0554 e. The Balaban J connectivity index is 1.25. The van der Waals surface area contributed by atoms with Crippen LogP contribution in [0.1, 0.15) is 0 Å². The summed E-state index contributed by atoms with van der Waals surface area (Å²) in [5, 5.41) is 5.57. The lowest BCUT2D eigenvalue weighted by molar-refractivity contribution is 1.29. The molecule has 9 aromatic rings. The number of hydrogen-bond donors (Lipinski definition) is 0. The van der Waals surface area contributed by atoms with Crippen LogP contribution in [0, 0.1) is 0 Å². The number of halogens is 1. The van der Waals surface area contributed by atoms with Gasteiger partial charge in [0.25, 0.3) is 0 Å². The van der Waals surface area contributed by atoms with Gasteiger partial charge in [0, 0.05) is 68.8 Å². The highest BCUT2D eigenvalue weighted by molar-refractivity contribution is 7.26. The quantitative estimate of drug-likeness (QED) is 0.175. The standard InChI is InChI=1S/C42H27ClN2S2/c43-35-25-32(27-40-41(35)33-19-10-11-21-37(33)46-40)45(30-17-8-3-9-18-30)36-20-12-22-38-42(36)34-24-23-31(26-39(34)47-38)44(28-13-4-1-5-14-28)29-15-6-2-7-16-29/h1-27H. The van der Waals surface area contributed by atoms with Gasteiger partial charge in [-0.05, 0) is 78.9 Å². The van der Waals surface area contributed by atoms with E-state index in [0.29, 0.717) is 0 Å². The number of rotatable bonds is 6. The van der Waals surface area contributed by atoms with Crippen molar-refractivity contribution >= 4 is 109 Å². The fraction of sp³-hybridized carbons (Fsp3) is 0. The summed E-state index contributed by atoms with van der Waals surface area (Å²) >= 11 is 10.7. The zero-order valence-electron chi connectivity index (χ0n) is 25.2. The number of thiophene rings is 2. The zero-order valence-corrected chi connectivity index (χ0v) is 27.6. The van der Waals surface area contributed by atoms with Crippen LogP contribution in [0.5, 0.6) is 0 Å². The molecule has 0 saturated heterocycles. The molecule has 47 heavy (non-hydrogen) atoms. The summed E-state index contributed by atoms with van der Waals surface area (Å²) in [6.45, 7) is 0. The molecule has 0 atom stereocenters. The van der Waals surface area contributed by atoms with E-state index >= 15 is 0 Å². The highest BCUT2D eigenvalue weighted by atomic mass is 35.5. The first kappa shape index (κ1) is 28.1. The van der Waals surface area contributed by atoms with E-state index in [1.165, 1.54) is 35.0 Å². The summed E-state index contributed by atoms with van der Waals surface area (Å²) in [6, 6.07) is 58.2. The molecule has 0 unspecified atom stereocenters. The predicted molar refractivity (Wildman–Crippen MR) is 207 cm³/mol. The number of nitrogens with zero attached hydrogens (tertiary/aromatic N) is 2. The topological polar surface area (TPSA) is 6.48 Å². The Labute approximate surface area is 285 Å². The van der Waals surface area contributed by atoms with Crippen molar-refractivity contribution in [1.82, 2.24) is 0 Å². The van der Waals surface area contributed by atoms with Gasteiger partial charge in [-0.15, -0.1) is 22.7 Å². The third-order valence-electron chi connectivity index (χ3n) is 8.67. The molecule has 0 amide bonds. The Morgan fingerprint density at radius 1 is 0.362 bits per heavy atom. The Bertz CT molecular complexity index is 2500. The minimum Gasteiger partial charge on any atom is -0.310 e. The van der Waals surface area contributed by atoms with Crippen molar-refractivity contribution in [3.05, 3.63) is 169 Å². The molecule has 0 fully saturated rings. The zero-order chi connectivity index (χ0) is 31.3. The Hall–Kier alpha value is -5.13. The highest BCUT2D eigenvalue weighted by Gasteiger charge is 2.21. The normalized spacial score (nSPS) is 11.5. The molecule has 2 heterocycles. The second kappa shape index (κ2) is 11.6. The number of hydrogen-bond acceptors (Lipinski definition) is 4. The van der Waals surface area contributed by atoms with Crippen LogP contribution in [0.25, 0.3) is 40.3 Å². The van der Waals surface area contributed by atoms with Crippen LogP contribution >= 0.6 is 34.3 Å². The third kappa shape index (κ3) is 4.85. The summed E-state index contributed by atoms with van der Waals surface area (Å²) in [4.78, 5) is 4.68. The largest absolute Gasteiger partial charge is 0.310 e. The molecular weight excluding hydrogens is 632 g/mol. The van der Waals surface area contributed by atoms with Gasteiger partial charge in [-0.25, -0.2) is 0 Å². The first-order valence-electron chi connectivity index (χ1n) is 15.5. The lowest BCUT2D eigenvalue weighted by atomic mass is 10.1. The summed E-state index contributed by atoms with van der Waals surface area (Å²) in [6.07, 6.45) is 0. The maximum absolute atomic E-state index is 7.12. The van der Waals surface area contributed by atoms with Gasteiger partial charge >= 0.3 is 0 Å². The Morgan fingerprint density at radius 3 is 1.62 bits per heavy atom. The second-order valence-corrected chi connectivity index (χ2v) is 14.1. The number of fused-ring (bicyclic) bond motifs is 6. The van der Waals surface area contributed by atoms with E-state index < -0.39 is 0 Å². The average molecular weight is 659 g/mol. The predicted octanol–water partition coefficient (Wildman–Crippen LogP) is 14.0. The third-order valence-corrected chi connectivity index (χ3v) is 11.2. The maximum atomic E-state index is 7.12. The van der Waals surface area contributed by atoms with E-state index in [0.717, 1.165) is 44.5 Å². The molecule has 0 aliphatic rings. The van der Waals surface area contributed by atoms with Crippen molar-refractivity contribution in [2.45, 2.75) is 0 Å². The first-order valence-corrected chi connectivity index (χ1v) is 17.6. The van der Waals surface area contributed by atoms with Crippen molar-refractivity contribution in [2.24, 2.45) is 0 Å². The smallest absolute Gasteiger partial charge is 0.0554 e. The van der Waals surface area contributed by atoms with E-state index in [1.54, 1.807) is 11.3 Å². The number of benzene rings is 7. The van der Waals surface area contributed by atoms with Gasteiger partial charge in [-0.2, -0.15) is 0 Å². The summed E-state index contributed by atoms with van der Waals surface area (Å²) in [5.41, 5.74) is 6.65. The molecule has 0 saturated carbocycles. The Morgan fingerprint density at radius 2 is 0.915 bits per heavy atom. The van der Waals surface area contributed by atoms with E-state index in [4.69, 9.17) is 11.6 Å². The minimum absolute atomic E-state index is 0.768. The molecule has 5 heteroatoms. The van der Waals surface area contributed by atoms with Crippen LogP contribution in [-0.4, -0.2) is 0 Å². The molecule has 2 nitrogen and oxygen atoms in total. The minimum atomic E-state index is 0.768. The lowest BCUT2D eigenvalue weighted by Gasteiger charge is -2.27. The van der Waals surface area contributed by atoms with Gasteiger partial charge in [0.15, 0.2) is 0 Å². The van der Waals surface area contributed by atoms with Crippen LogP contribution in [0.4, 0.5) is 34.1 Å². The molecule has 0 aliphatic heterocycles.